The van der Waals surface area contributed by atoms with Crippen LogP contribution in [0.4, 0.5) is 18.9 Å². The molecule has 0 unspecified atom stereocenters. The maximum atomic E-state index is 13.0. The van der Waals surface area contributed by atoms with Crippen LogP contribution in [0.15, 0.2) is 47.4 Å². The Kier molecular flexibility index (Phi) is 6.09. The number of pyridine rings is 2. The Morgan fingerprint density at radius 2 is 1.87 bits per heavy atom. The molecule has 0 bridgehead atoms. The number of aromatic nitrogens is 2. The fourth-order valence-corrected chi connectivity index (χ4v) is 2.98. The largest absolute Gasteiger partial charge is 0.452 e. The fourth-order valence-electron chi connectivity index (χ4n) is 2.98. The number of nitrogens with one attached hydrogen (secondary N) is 1. The molecule has 0 aliphatic heterocycles. The molecule has 0 spiro atoms. The van der Waals surface area contributed by atoms with Gasteiger partial charge in [-0.2, -0.15) is 13.2 Å². The third-order valence-corrected chi connectivity index (χ3v) is 4.46. The van der Waals surface area contributed by atoms with Gasteiger partial charge in [-0.1, -0.05) is 12.1 Å². The van der Waals surface area contributed by atoms with Gasteiger partial charge in [0.15, 0.2) is 6.61 Å². The van der Waals surface area contributed by atoms with E-state index >= 15 is 0 Å². The molecule has 0 saturated heterocycles. The van der Waals surface area contributed by atoms with Crippen molar-refractivity contribution < 1.29 is 27.5 Å². The zero-order valence-corrected chi connectivity index (χ0v) is 16.6. The van der Waals surface area contributed by atoms with Crippen LogP contribution >= 0.6 is 0 Å². The van der Waals surface area contributed by atoms with E-state index in [2.05, 4.69) is 10.3 Å². The lowest BCUT2D eigenvalue weighted by atomic mass is 10.1. The quantitative estimate of drug-likeness (QED) is 0.622. The van der Waals surface area contributed by atoms with E-state index in [1.807, 2.05) is 0 Å². The number of anilines is 1. The normalized spacial score (nSPS) is 11.4. The topological polar surface area (TPSA) is 90.3 Å². The van der Waals surface area contributed by atoms with E-state index in [0.717, 1.165) is 12.1 Å². The minimum absolute atomic E-state index is 0.213. The number of amides is 1. The summed E-state index contributed by atoms with van der Waals surface area (Å²) in [5.74, 6) is -2.03. The molecule has 7 nitrogen and oxygen atoms in total. The molecular weight excluding hydrogens is 415 g/mol. The summed E-state index contributed by atoms with van der Waals surface area (Å²) < 4.78 is 45.5. The number of para-hydroxylation sites is 1. The van der Waals surface area contributed by atoms with Crippen molar-refractivity contribution in [2.24, 2.45) is 0 Å². The highest BCUT2D eigenvalue weighted by Crippen LogP contribution is 2.34. The highest BCUT2D eigenvalue weighted by Gasteiger charge is 2.33. The summed E-state index contributed by atoms with van der Waals surface area (Å²) in [6.45, 7) is 3.12. The van der Waals surface area contributed by atoms with E-state index in [-0.39, 0.29) is 10.9 Å². The van der Waals surface area contributed by atoms with Gasteiger partial charge in [-0.05, 0) is 38.1 Å². The number of esters is 1. The maximum Gasteiger partial charge on any atom is 0.418 e. The second kappa shape index (κ2) is 8.58. The van der Waals surface area contributed by atoms with Gasteiger partial charge in [-0.3, -0.25) is 9.59 Å². The number of ether oxygens (including phenoxy) is 1. The highest BCUT2D eigenvalue weighted by atomic mass is 19.4. The van der Waals surface area contributed by atoms with E-state index in [4.69, 9.17) is 4.74 Å². The lowest BCUT2D eigenvalue weighted by molar-refractivity contribution is -0.137. The number of nitrogens with zero attached hydrogens (tertiary/aromatic N) is 2. The molecule has 0 fully saturated rings. The van der Waals surface area contributed by atoms with Gasteiger partial charge in [0.05, 0.1) is 16.6 Å². The van der Waals surface area contributed by atoms with Crippen LogP contribution in [0.3, 0.4) is 0 Å². The van der Waals surface area contributed by atoms with Gasteiger partial charge in [0.2, 0.25) is 5.43 Å². The second-order valence-electron chi connectivity index (χ2n) is 6.65. The van der Waals surface area contributed by atoms with Crippen molar-refractivity contribution in [1.82, 2.24) is 9.55 Å². The van der Waals surface area contributed by atoms with Crippen LogP contribution in [0.1, 0.15) is 28.5 Å². The highest BCUT2D eigenvalue weighted by molar-refractivity contribution is 5.97. The first-order valence-electron chi connectivity index (χ1n) is 9.25. The lowest BCUT2D eigenvalue weighted by Crippen LogP contribution is -2.26. The molecule has 1 aromatic carbocycles. The molecule has 2 aromatic heterocycles. The zero-order chi connectivity index (χ0) is 22.8. The molecular formula is C21H18F3N3O4. The molecule has 1 amide bonds. The zero-order valence-electron chi connectivity index (χ0n) is 16.6. The number of carbonyl (C=O) groups excluding carboxylic acids is 2. The number of hydrogen-bond acceptors (Lipinski definition) is 5. The van der Waals surface area contributed by atoms with Gasteiger partial charge >= 0.3 is 12.1 Å². The van der Waals surface area contributed by atoms with Crippen LogP contribution in [0.25, 0.3) is 11.0 Å². The van der Waals surface area contributed by atoms with Gasteiger partial charge in [0.1, 0.15) is 11.2 Å². The first kappa shape index (κ1) is 22.0. The smallest absolute Gasteiger partial charge is 0.418 e. The number of rotatable bonds is 5. The molecule has 0 atom stereocenters. The van der Waals surface area contributed by atoms with Crippen molar-refractivity contribution in [3.05, 3.63) is 69.6 Å². The van der Waals surface area contributed by atoms with E-state index in [0.29, 0.717) is 17.9 Å². The number of aryl methyl sites for hydroxylation is 2. The monoisotopic (exact) mass is 433 g/mol. The molecule has 31 heavy (non-hydrogen) atoms. The van der Waals surface area contributed by atoms with Gasteiger partial charge < -0.3 is 14.6 Å². The third kappa shape index (κ3) is 4.73. The molecule has 3 rings (SSSR count). The molecule has 0 radical (unpaired) electrons. The van der Waals surface area contributed by atoms with Crippen molar-refractivity contribution in [3.63, 3.8) is 0 Å². The molecule has 2 heterocycles. The first-order valence-corrected chi connectivity index (χ1v) is 9.25. The molecule has 1 N–H and O–H groups in total. The summed E-state index contributed by atoms with van der Waals surface area (Å²) in [6.07, 6.45) is -3.38. The van der Waals surface area contributed by atoms with Gasteiger partial charge in [0.25, 0.3) is 5.91 Å². The van der Waals surface area contributed by atoms with Crippen molar-refractivity contribution >= 4 is 28.6 Å². The average Bonchev–Trinajstić information content (AvgIpc) is 2.72. The van der Waals surface area contributed by atoms with Crippen LogP contribution in [-0.2, 0) is 22.3 Å². The standard InChI is InChI=1S/C21H18F3N3O4/c1-3-27-10-14(18(29)13-9-8-12(2)25-19(13)27)20(30)31-11-17(28)26-16-7-5-4-6-15(16)21(22,23)24/h4-10H,3,11H2,1-2H3,(H,26,28). The number of halogens is 3. The molecule has 3 aromatic rings. The summed E-state index contributed by atoms with van der Waals surface area (Å²) in [5.41, 5.74) is -1.30. The number of benzene rings is 1. The molecule has 0 saturated carbocycles. The van der Waals surface area contributed by atoms with E-state index in [1.165, 1.54) is 18.3 Å². The average molecular weight is 433 g/mol. The Hall–Kier alpha value is -3.69. The van der Waals surface area contributed by atoms with Crippen LogP contribution in [-0.4, -0.2) is 28.0 Å². The third-order valence-electron chi connectivity index (χ3n) is 4.46. The number of alkyl halides is 3. The molecule has 0 aliphatic rings. The summed E-state index contributed by atoms with van der Waals surface area (Å²) in [6, 6.07) is 7.59. The molecule has 162 valence electrons. The van der Waals surface area contributed by atoms with Crippen molar-refractivity contribution in [2.75, 3.05) is 11.9 Å². The van der Waals surface area contributed by atoms with Gasteiger partial charge in [-0.15, -0.1) is 0 Å². The molecule has 0 aliphatic carbocycles. The van der Waals surface area contributed by atoms with Crippen LogP contribution in [0.2, 0.25) is 0 Å². The summed E-state index contributed by atoms with van der Waals surface area (Å²) in [5, 5.41) is 2.28. The summed E-state index contributed by atoms with van der Waals surface area (Å²) >= 11 is 0. The number of hydrogen-bond donors (Lipinski definition) is 1. The van der Waals surface area contributed by atoms with E-state index < -0.39 is 41.3 Å². The first-order chi connectivity index (χ1) is 14.6. The Labute approximate surface area is 174 Å². The Balaban J connectivity index is 1.78. The van der Waals surface area contributed by atoms with Crippen LogP contribution in [0.5, 0.6) is 0 Å². The van der Waals surface area contributed by atoms with Crippen LogP contribution < -0.4 is 10.7 Å². The Bertz CT molecular complexity index is 1220. The van der Waals surface area contributed by atoms with E-state index in [1.54, 1.807) is 30.5 Å². The Morgan fingerprint density at radius 3 is 2.55 bits per heavy atom. The minimum Gasteiger partial charge on any atom is -0.452 e. The fraction of sp³-hybridized carbons (Fsp3) is 0.238. The maximum absolute atomic E-state index is 13.0. The Morgan fingerprint density at radius 1 is 1.16 bits per heavy atom. The van der Waals surface area contributed by atoms with E-state index in [9.17, 15) is 27.6 Å². The minimum atomic E-state index is -4.66. The second-order valence-corrected chi connectivity index (χ2v) is 6.65. The number of fused-ring (bicyclic) bond motifs is 1. The predicted octanol–water partition coefficient (Wildman–Crippen LogP) is 3.54. The van der Waals surface area contributed by atoms with Crippen molar-refractivity contribution in [2.45, 2.75) is 26.6 Å². The van der Waals surface area contributed by atoms with Crippen LogP contribution in [0, 0.1) is 6.92 Å². The van der Waals surface area contributed by atoms with Crippen molar-refractivity contribution in [1.29, 1.82) is 0 Å². The van der Waals surface area contributed by atoms with Gasteiger partial charge in [-0.25, -0.2) is 9.78 Å². The lowest BCUT2D eigenvalue weighted by Gasteiger charge is -2.14. The summed E-state index contributed by atoms with van der Waals surface area (Å²) in [4.78, 5) is 41.4. The predicted molar refractivity (Wildman–Crippen MR) is 107 cm³/mol. The molecule has 10 heteroatoms. The number of carbonyl (C=O) groups is 2. The van der Waals surface area contributed by atoms with Crippen molar-refractivity contribution in [3.8, 4) is 0 Å². The van der Waals surface area contributed by atoms with Gasteiger partial charge in [0, 0.05) is 18.4 Å². The SMILES string of the molecule is CCn1cc(C(=O)OCC(=O)Nc2ccccc2C(F)(F)F)c(=O)c2ccc(C)nc21. The summed E-state index contributed by atoms with van der Waals surface area (Å²) in [7, 11) is 0.